The molecule has 0 fully saturated rings. The first kappa shape index (κ1) is 5.34. The van der Waals surface area contributed by atoms with Gasteiger partial charge in [0.1, 0.15) is 0 Å². The Hall–Kier alpha value is -1.45. The lowest BCUT2D eigenvalue weighted by Gasteiger charge is -2.17. The van der Waals surface area contributed by atoms with Crippen LogP contribution in [0.3, 0.4) is 0 Å². The summed E-state index contributed by atoms with van der Waals surface area (Å²) in [5.74, 6) is 0.671. The van der Waals surface area contributed by atoms with Crippen molar-refractivity contribution >= 4 is 18.4 Å². The van der Waals surface area contributed by atoms with Crippen molar-refractivity contribution in [2.45, 2.75) is 0 Å². The predicted octanol–water partition coefficient (Wildman–Crippen LogP) is 0.242. The van der Waals surface area contributed by atoms with Crippen molar-refractivity contribution in [3.8, 4) is 0 Å². The zero-order valence-electron chi connectivity index (χ0n) is 5.31. The molecule has 0 aromatic rings. The minimum atomic E-state index is 0.636. The summed E-state index contributed by atoms with van der Waals surface area (Å²) >= 11 is 0. The number of allylic oxidation sites excluding steroid dienone is 1. The highest BCUT2D eigenvalue weighted by atomic mass is 15.5. The van der Waals surface area contributed by atoms with Gasteiger partial charge in [-0.2, -0.15) is 5.10 Å². The number of guanidine groups is 1. The van der Waals surface area contributed by atoms with E-state index in [2.05, 4.69) is 15.1 Å². The minimum absolute atomic E-state index is 0.636. The molecule has 2 heterocycles. The highest BCUT2D eigenvalue weighted by Crippen LogP contribution is 2.02. The van der Waals surface area contributed by atoms with E-state index in [9.17, 15) is 0 Å². The molecule has 0 N–H and O–H groups in total. The smallest absolute Gasteiger partial charge is 0.243 e. The van der Waals surface area contributed by atoms with Crippen molar-refractivity contribution in [1.29, 1.82) is 0 Å². The van der Waals surface area contributed by atoms with Crippen LogP contribution >= 0.6 is 0 Å². The number of hydrazone groups is 1. The molecule has 4 nitrogen and oxygen atoms in total. The molecular formula is C6H6N4. The molecule has 0 amide bonds. The molecular weight excluding hydrogens is 128 g/mol. The topological polar surface area (TPSA) is 40.3 Å². The van der Waals surface area contributed by atoms with Crippen molar-refractivity contribution in [1.82, 2.24) is 5.01 Å². The van der Waals surface area contributed by atoms with Crippen LogP contribution in [0.15, 0.2) is 27.4 Å². The SMILES string of the molecule is C1=CN2N=CCN=C2N=C1. The summed E-state index contributed by atoms with van der Waals surface area (Å²) < 4.78 is 0. The first-order valence-corrected chi connectivity index (χ1v) is 3.04. The predicted molar refractivity (Wildman–Crippen MR) is 40.3 cm³/mol. The Balaban J connectivity index is 2.33. The van der Waals surface area contributed by atoms with Crippen LogP contribution in [0.4, 0.5) is 0 Å². The van der Waals surface area contributed by atoms with E-state index in [0.29, 0.717) is 12.5 Å². The maximum Gasteiger partial charge on any atom is 0.246 e. The van der Waals surface area contributed by atoms with Gasteiger partial charge in [-0.05, 0) is 6.08 Å². The van der Waals surface area contributed by atoms with E-state index in [4.69, 9.17) is 0 Å². The molecule has 0 aromatic carbocycles. The lowest BCUT2D eigenvalue weighted by atomic mass is 10.5. The van der Waals surface area contributed by atoms with Crippen molar-refractivity contribution in [2.24, 2.45) is 15.1 Å². The second-order valence-corrected chi connectivity index (χ2v) is 1.90. The van der Waals surface area contributed by atoms with Crippen LogP contribution in [0, 0.1) is 0 Å². The molecule has 4 heteroatoms. The zero-order chi connectivity index (χ0) is 6.81. The Labute approximate surface area is 58.3 Å². The van der Waals surface area contributed by atoms with Gasteiger partial charge < -0.3 is 0 Å². The molecule has 0 bridgehead atoms. The van der Waals surface area contributed by atoms with E-state index < -0.39 is 0 Å². The number of aliphatic imine (C=N–C) groups is 2. The van der Waals surface area contributed by atoms with E-state index in [0.717, 1.165) is 0 Å². The van der Waals surface area contributed by atoms with Gasteiger partial charge in [0.2, 0.25) is 5.96 Å². The monoisotopic (exact) mass is 134 g/mol. The van der Waals surface area contributed by atoms with Crippen LogP contribution in [-0.4, -0.2) is 29.9 Å². The molecule has 0 radical (unpaired) electrons. The summed E-state index contributed by atoms with van der Waals surface area (Å²) in [5.41, 5.74) is 0. The largest absolute Gasteiger partial charge is 0.246 e. The summed E-state index contributed by atoms with van der Waals surface area (Å²) in [4.78, 5) is 8.10. The summed E-state index contributed by atoms with van der Waals surface area (Å²) in [6.45, 7) is 0.636. The van der Waals surface area contributed by atoms with Crippen LogP contribution in [0.2, 0.25) is 0 Å². The average molecular weight is 134 g/mol. The fraction of sp³-hybridized carbons (Fsp3) is 0.167. The van der Waals surface area contributed by atoms with E-state index in [-0.39, 0.29) is 0 Å². The van der Waals surface area contributed by atoms with E-state index in [1.165, 1.54) is 0 Å². The lowest BCUT2D eigenvalue weighted by molar-refractivity contribution is 0.583. The number of hydrogen-bond acceptors (Lipinski definition) is 4. The number of nitrogens with zero attached hydrogens (tertiary/aromatic N) is 4. The van der Waals surface area contributed by atoms with E-state index in [1.807, 2.05) is 12.3 Å². The maximum absolute atomic E-state index is 4.10. The number of fused-ring (bicyclic) bond motifs is 1. The molecule has 0 aliphatic carbocycles. The van der Waals surface area contributed by atoms with Gasteiger partial charge in [-0.3, -0.25) is 0 Å². The molecule has 0 saturated heterocycles. The molecule has 2 rings (SSSR count). The van der Waals surface area contributed by atoms with Gasteiger partial charge in [-0.25, -0.2) is 15.0 Å². The summed E-state index contributed by atoms with van der Waals surface area (Å²) in [6, 6.07) is 0. The highest BCUT2D eigenvalue weighted by molar-refractivity contribution is 5.95. The van der Waals surface area contributed by atoms with Crippen LogP contribution < -0.4 is 0 Å². The molecule has 0 spiro atoms. The Bertz CT molecular complexity index is 248. The fourth-order valence-corrected chi connectivity index (χ4v) is 0.806. The summed E-state index contributed by atoms with van der Waals surface area (Å²) in [7, 11) is 0. The first-order valence-electron chi connectivity index (χ1n) is 3.04. The van der Waals surface area contributed by atoms with Crippen LogP contribution in [0.1, 0.15) is 0 Å². The van der Waals surface area contributed by atoms with Gasteiger partial charge in [-0.1, -0.05) is 0 Å². The van der Waals surface area contributed by atoms with Gasteiger partial charge in [0, 0.05) is 18.6 Å². The molecule has 0 unspecified atom stereocenters. The molecule has 2 aliphatic rings. The van der Waals surface area contributed by atoms with Gasteiger partial charge >= 0.3 is 0 Å². The fourth-order valence-electron chi connectivity index (χ4n) is 0.806. The van der Waals surface area contributed by atoms with Crippen molar-refractivity contribution in [2.75, 3.05) is 6.54 Å². The van der Waals surface area contributed by atoms with Crippen molar-refractivity contribution < 1.29 is 0 Å². The van der Waals surface area contributed by atoms with Crippen molar-refractivity contribution in [3.63, 3.8) is 0 Å². The Morgan fingerprint density at radius 2 is 2.50 bits per heavy atom. The summed E-state index contributed by atoms with van der Waals surface area (Å²) in [6.07, 6.45) is 7.09. The summed E-state index contributed by atoms with van der Waals surface area (Å²) in [5, 5.41) is 5.67. The molecule has 10 heavy (non-hydrogen) atoms. The molecule has 0 saturated carbocycles. The van der Waals surface area contributed by atoms with Gasteiger partial charge in [0.25, 0.3) is 0 Å². The van der Waals surface area contributed by atoms with Crippen LogP contribution in [0.5, 0.6) is 0 Å². The first-order chi connectivity index (χ1) is 4.97. The third-order valence-electron chi connectivity index (χ3n) is 1.23. The third-order valence-corrected chi connectivity index (χ3v) is 1.23. The molecule has 0 aromatic heterocycles. The van der Waals surface area contributed by atoms with Crippen LogP contribution in [-0.2, 0) is 0 Å². The quantitative estimate of drug-likeness (QED) is 0.468. The number of rotatable bonds is 0. The highest BCUT2D eigenvalue weighted by Gasteiger charge is 2.08. The second kappa shape index (κ2) is 2.06. The lowest BCUT2D eigenvalue weighted by Crippen LogP contribution is -2.24. The average Bonchev–Trinajstić information content (AvgIpc) is 2.05. The second-order valence-electron chi connectivity index (χ2n) is 1.90. The maximum atomic E-state index is 4.10. The van der Waals surface area contributed by atoms with E-state index in [1.54, 1.807) is 17.4 Å². The van der Waals surface area contributed by atoms with Gasteiger partial charge in [0.05, 0.1) is 6.54 Å². The molecule has 2 aliphatic heterocycles. The number of hydrogen-bond donors (Lipinski definition) is 0. The zero-order valence-corrected chi connectivity index (χ0v) is 5.31. The van der Waals surface area contributed by atoms with Crippen molar-refractivity contribution in [3.05, 3.63) is 12.3 Å². The molecule has 50 valence electrons. The standard InChI is InChI=1S/C6H6N4/c1-2-7-6-8-3-4-9-10(6)5-1/h1-2,4-5H,3H2. The van der Waals surface area contributed by atoms with Crippen LogP contribution in [0.25, 0.3) is 0 Å². The Morgan fingerprint density at radius 3 is 3.40 bits per heavy atom. The Morgan fingerprint density at radius 1 is 1.50 bits per heavy atom. The van der Waals surface area contributed by atoms with Gasteiger partial charge in [0.15, 0.2) is 0 Å². The third kappa shape index (κ3) is 0.737. The molecule has 0 atom stereocenters. The Kier molecular flexibility index (Phi) is 1.10. The normalized spacial score (nSPS) is 20.8. The minimum Gasteiger partial charge on any atom is -0.243 e. The van der Waals surface area contributed by atoms with E-state index >= 15 is 0 Å². The van der Waals surface area contributed by atoms with Gasteiger partial charge in [-0.15, -0.1) is 0 Å².